The van der Waals surface area contributed by atoms with Gasteiger partial charge in [0, 0.05) is 17.7 Å². The first-order valence-electron chi connectivity index (χ1n) is 6.23. The first-order chi connectivity index (χ1) is 9.16. The Morgan fingerprint density at radius 3 is 2.25 bits per heavy atom. The van der Waals surface area contributed by atoms with E-state index in [1.54, 1.807) is 18.2 Å². The van der Waals surface area contributed by atoms with Crippen LogP contribution in [0.25, 0.3) is 0 Å². The van der Waals surface area contributed by atoms with Crippen LogP contribution in [0.2, 0.25) is 0 Å². The van der Waals surface area contributed by atoms with Crippen molar-refractivity contribution in [3.05, 3.63) is 42.1 Å². The van der Waals surface area contributed by atoms with Crippen molar-refractivity contribution in [1.82, 2.24) is 0 Å². The Bertz CT molecular complexity index is 612. The number of allylic oxidation sites excluding steroid dienone is 1. The third kappa shape index (κ3) is 4.47. The number of rotatable bonds is 4. The van der Waals surface area contributed by atoms with Gasteiger partial charge in [0.05, 0.1) is 10.6 Å². The van der Waals surface area contributed by atoms with E-state index < -0.39 is 10.0 Å². The standard InChI is InChI=1S/C14H21N3O2S/c1-14(2,3)13(16)9-11(10-15)17-20(18,19)12-7-5-4-6-8-12/h4-9H,10,15-16H2,1-3H3. The van der Waals surface area contributed by atoms with Gasteiger partial charge in [-0.3, -0.25) is 0 Å². The smallest absolute Gasteiger partial charge is 0.282 e. The summed E-state index contributed by atoms with van der Waals surface area (Å²) in [5.74, 6) is 0. The fourth-order valence-corrected chi connectivity index (χ4v) is 2.36. The van der Waals surface area contributed by atoms with Crippen molar-refractivity contribution in [1.29, 1.82) is 0 Å². The van der Waals surface area contributed by atoms with Gasteiger partial charge in [-0.25, -0.2) is 0 Å². The molecule has 20 heavy (non-hydrogen) atoms. The van der Waals surface area contributed by atoms with E-state index in [0.29, 0.717) is 5.70 Å². The third-order valence-corrected chi connectivity index (χ3v) is 4.02. The van der Waals surface area contributed by atoms with Gasteiger partial charge >= 0.3 is 0 Å². The van der Waals surface area contributed by atoms with Crippen LogP contribution < -0.4 is 11.5 Å². The summed E-state index contributed by atoms with van der Waals surface area (Å²) in [6.45, 7) is 5.79. The second-order valence-electron chi connectivity index (χ2n) is 5.42. The summed E-state index contributed by atoms with van der Waals surface area (Å²) >= 11 is 0. The molecule has 0 atom stereocenters. The van der Waals surface area contributed by atoms with Crippen LogP contribution in [0.3, 0.4) is 0 Å². The van der Waals surface area contributed by atoms with Gasteiger partial charge in [-0.2, -0.15) is 12.8 Å². The molecule has 0 aliphatic heterocycles. The Balaban J connectivity index is 3.19. The highest BCUT2D eigenvalue weighted by Gasteiger charge is 2.16. The molecule has 0 aromatic heterocycles. The Labute approximate surface area is 120 Å². The van der Waals surface area contributed by atoms with Gasteiger partial charge in [0.15, 0.2) is 0 Å². The highest BCUT2D eigenvalue weighted by atomic mass is 32.2. The number of sulfonamides is 1. The Morgan fingerprint density at radius 2 is 1.80 bits per heavy atom. The number of benzene rings is 1. The molecular formula is C14H21N3O2S. The summed E-state index contributed by atoms with van der Waals surface area (Å²) in [5, 5.41) is 0. The molecule has 0 aliphatic rings. The van der Waals surface area contributed by atoms with Crippen LogP contribution in [-0.2, 0) is 10.0 Å². The van der Waals surface area contributed by atoms with Crippen molar-refractivity contribution < 1.29 is 8.42 Å². The molecule has 0 amide bonds. The van der Waals surface area contributed by atoms with E-state index in [1.165, 1.54) is 18.2 Å². The third-order valence-electron chi connectivity index (χ3n) is 2.68. The predicted octanol–water partition coefficient (Wildman–Crippen LogP) is 1.66. The van der Waals surface area contributed by atoms with Crippen LogP contribution in [0.4, 0.5) is 0 Å². The zero-order valence-electron chi connectivity index (χ0n) is 12.0. The van der Waals surface area contributed by atoms with Gasteiger partial charge in [0.2, 0.25) is 0 Å². The summed E-state index contributed by atoms with van der Waals surface area (Å²) < 4.78 is 28.0. The van der Waals surface area contributed by atoms with Gasteiger partial charge < -0.3 is 11.5 Å². The molecule has 0 radical (unpaired) electrons. The van der Waals surface area contributed by atoms with Crippen molar-refractivity contribution in [3.63, 3.8) is 0 Å². The molecule has 0 unspecified atom stereocenters. The molecule has 5 nitrogen and oxygen atoms in total. The maximum Gasteiger partial charge on any atom is 0.282 e. The summed E-state index contributed by atoms with van der Waals surface area (Å²) in [4.78, 5) is 0.133. The lowest BCUT2D eigenvalue weighted by atomic mass is 9.91. The topological polar surface area (TPSA) is 98.5 Å². The van der Waals surface area contributed by atoms with E-state index >= 15 is 0 Å². The van der Waals surface area contributed by atoms with Crippen molar-refractivity contribution >= 4 is 15.7 Å². The number of nitrogens with zero attached hydrogens (tertiary/aromatic N) is 1. The van der Waals surface area contributed by atoms with Crippen LogP contribution in [0.1, 0.15) is 20.8 Å². The molecule has 1 aromatic carbocycles. The quantitative estimate of drug-likeness (QED) is 0.825. The molecule has 4 N–H and O–H groups in total. The van der Waals surface area contributed by atoms with Gasteiger partial charge in [0.1, 0.15) is 0 Å². The lowest BCUT2D eigenvalue weighted by Gasteiger charge is -2.19. The molecule has 110 valence electrons. The SMILES string of the molecule is CC(C)(C)C(N)=CC(CN)=NS(=O)(=O)c1ccccc1. The molecule has 0 spiro atoms. The molecule has 6 heteroatoms. The first-order valence-corrected chi connectivity index (χ1v) is 7.67. The van der Waals surface area contributed by atoms with Gasteiger partial charge in [0.25, 0.3) is 10.0 Å². The van der Waals surface area contributed by atoms with E-state index in [0.717, 1.165) is 0 Å². The minimum absolute atomic E-state index is 0.00282. The zero-order chi connectivity index (χ0) is 15.4. The summed E-state index contributed by atoms with van der Waals surface area (Å²) in [6.07, 6.45) is 1.53. The number of hydrogen-bond donors (Lipinski definition) is 2. The summed E-state index contributed by atoms with van der Waals surface area (Å²) in [5.41, 5.74) is 12.0. The highest BCUT2D eigenvalue weighted by molar-refractivity contribution is 7.90. The van der Waals surface area contributed by atoms with Crippen molar-refractivity contribution in [2.75, 3.05) is 6.54 Å². The summed E-state index contributed by atoms with van der Waals surface area (Å²) in [7, 11) is -3.75. The van der Waals surface area contributed by atoms with E-state index in [1.807, 2.05) is 20.8 Å². The van der Waals surface area contributed by atoms with E-state index in [4.69, 9.17) is 11.5 Å². The molecule has 0 fully saturated rings. The van der Waals surface area contributed by atoms with Gasteiger partial charge in [-0.15, -0.1) is 0 Å². The molecule has 0 saturated heterocycles. The molecule has 0 bridgehead atoms. The zero-order valence-corrected chi connectivity index (χ0v) is 12.8. The van der Waals surface area contributed by atoms with E-state index in [2.05, 4.69) is 4.40 Å². The highest BCUT2D eigenvalue weighted by Crippen LogP contribution is 2.20. The molecule has 1 aromatic rings. The molecule has 0 saturated carbocycles. The van der Waals surface area contributed by atoms with E-state index in [-0.39, 0.29) is 22.6 Å². The minimum Gasteiger partial charge on any atom is -0.402 e. The Hall–Kier alpha value is -1.66. The van der Waals surface area contributed by atoms with Crippen LogP contribution in [0, 0.1) is 5.41 Å². The molecule has 0 heterocycles. The maximum atomic E-state index is 12.1. The van der Waals surface area contributed by atoms with Crippen LogP contribution in [-0.4, -0.2) is 20.7 Å². The average Bonchev–Trinajstić information content (AvgIpc) is 2.37. The van der Waals surface area contributed by atoms with E-state index in [9.17, 15) is 8.42 Å². The molecule has 1 rings (SSSR count). The van der Waals surface area contributed by atoms with Gasteiger partial charge in [-0.1, -0.05) is 39.0 Å². The second-order valence-corrected chi connectivity index (χ2v) is 7.03. The Kier molecular flexibility index (Phi) is 5.08. The first kappa shape index (κ1) is 16.4. The lowest BCUT2D eigenvalue weighted by molar-refractivity contribution is 0.498. The minimum atomic E-state index is -3.75. The van der Waals surface area contributed by atoms with Crippen molar-refractivity contribution in [3.8, 4) is 0 Å². The number of hydrogen-bond acceptors (Lipinski definition) is 4. The average molecular weight is 295 g/mol. The molecule has 0 aliphatic carbocycles. The second kappa shape index (κ2) is 6.19. The van der Waals surface area contributed by atoms with Crippen LogP contribution in [0.15, 0.2) is 51.4 Å². The predicted molar refractivity (Wildman–Crippen MR) is 81.8 cm³/mol. The molecular weight excluding hydrogens is 274 g/mol. The van der Waals surface area contributed by atoms with Crippen molar-refractivity contribution in [2.45, 2.75) is 25.7 Å². The van der Waals surface area contributed by atoms with Gasteiger partial charge in [-0.05, 0) is 18.2 Å². The normalized spacial score (nSPS) is 14.4. The fraction of sp³-hybridized carbons (Fsp3) is 0.357. The maximum absolute atomic E-state index is 12.1. The lowest BCUT2D eigenvalue weighted by Crippen LogP contribution is -2.22. The fourth-order valence-electron chi connectivity index (χ4n) is 1.32. The van der Waals surface area contributed by atoms with Crippen molar-refractivity contribution in [2.24, 2.45) is 21.3 Å². The number of nitrogens with two attached hydrogens (primary N) is 2. The summed E-state index contributed by atoms with van der Waals surface area (Å²) in [6, 6.07) is 8.01. The monoisotopic (exact) mass is 295 g/mol. The Morgan fingerprint density at radius 1 is 1.25 bits per heavy atom. The van der Waals surface area contributed by atoms with Crippen LogP contribution >= 0.6 is 0 Å². The largest absolute Gasteiger partial charge is 0.402 e. The van der Waals surface area contributed by atoms with Crippen LogP contribution in [0.5, 0.6) is 0 Å².